The fourth-order valence-electron chi connectivity index (χ4n) is 2.98. The molecule has 1 aromatic heterocycles. The van der Waals surface area contributed by atoms with Gasteiger partial charge in [0.2, 0.25) is 5.91 Å². The molecule has 1 saturated heterocycles. The van der Waals surface area contributed by atoms with Gasteiger partial charge in [0.05, 0.1) is 0 Å². The third-order valence-electron chi connectivity index (χ3n) is 4.28. The molecule has 24 heavy (non-hydrogen) atoms. The number of nitrogens with zero attached hydrogens (tertiary/aromatic N) is 3. The summed E-state index contributed by atoms with van der Waals surface area (Å²) in [6, 6.07) is 5.45. The first-order chi connectivity index (χ1) is 11.4. The van der Waals surface area contributed by atoms with Crippen LogP contribution in [0.4, 0.5) is 10.5 Å². The van der Waals surface area contributed by atoms with Crippen molar-refractivity contribution in [1.82, 2.24) is 14.8 Å². The van der Waals surface area contributed by atoms with Crippen LogP contribution in [0.1, 0.15) is 18.7 Å². The molecule has 2 heterocycles. The topological polar surface area (TPSA) is 78.7 Å². The predicted molar refractivity (Wildman–Crippen MR) is 90.8 cm³/mol. The van der Waals surface area contributed by atoms with Gasteiger partial charge >= 0.3 is 6.03 Å². The standard InChI is InChI=1S/C17H22N4O3/c1-11-18-14-5-4-13(10-15(14)24-11)19-16(22)12-6-8-21(9-7-12)17(23)20(2)3/h4-5,10,12H,6-9H2,1-3H3,(H,19,22). The lowest BCUT2D eigenvalue weighted by Crippen LogP contribution is -2.45. The van der Waals surface area contributed by atoms with Gasteiger partial charge in [-0.3, -0.25) is 4.79 Å². The first-order valence-electron chi connectivity index (χ1n) is 8.08. The summed E-state index contributed by atoms with van der Waals surface area (Å²) < 4.78 is 5.49. The van der Waals surface area contributed by atoms with E-state index in [1.54, 1.807) is 36.9 Å². The zero-order chi connectivity index (χ0) is 17.3. The van der Waals surface area contributed by atoms with Crippen LogP contribution < -0.4 is 5.32 Å². The van der Waals surface area contributed by atoms with Crippen molar-refractivity contribution in [2.75, 3.05) is 32.5 Å². The molecule has 0 saturated carbocycles. The SMILES string of the molecule is Cc1nc2ccc(NC(=O)C3CCN(C(=O)N(C)C)CC3)cc2o1. The van der Waals surface area contributed by atoms with Crippen LogP contribution in [0.5, 0.6) is 0 Å². The molecule has 0 spiro atoms. The number of piperidine rings is 1. The number of benzene rings is 1. The number of nitrogens with one attached hydrogen (secondary N) is 1. The van der Waals surface area contributed by atoms with E-state index in [9.17, 15) is 9.59 Å². The minimum absolute atomic E-state index is 0.000000991. The molecule has 1 aromatic carbocycles. The second-order valence-corrected chi connectivity index (χ2v) is 6.34. The van der Waals surface area contributed by atoms with Gasteiger partial charge in [0.25, 0.3) is 0 Å². The minimum atomic E-state index is -0.0802. The van der Waals surface area contributed by atoms with Gasteiger partial charge in [0, 0.05) is 51.8 Å². The molecule has 0 radical (unpaired) electrons. The lowest BCUT2D eigenvalue weighted by molar-refractivity contribution is -0.121. The molecule has 3 amide bonds. The monoisotopic (exact) mass is 330 g/mol. The van der Waals surface area contributed by atoms with E-state index in [-0.39, 0.29) is 17.9 Å². The Morgan fingerprint density at radius 2 is 2.00 bits per heavy atom. The maximum atomic E-state index is 12.4. The van der Waals surface area contributed by atoms with Gasteiger partial charge in [0.1, 0.15) is 5.52 Å². The molecule has 1 aliphatic rings. The highest BCUT2D eigenvalue weighted by Gasteiger charge is 2.28. The number of likely N-dealkylation sites (tertiary alicyclic amines) is 1. The van der Waals surface area contributed by atoms with Crippen molar-refractivity contribution in [2.45, 2.75) is 19.8 Å². The first kappa shape index (κ1) is 16.3. The Balaban J connectivity index is 1.60. The average molecular weight is 330 g/mol. The molecule has 1 aliphatic heterocycles. The Kier molecular flexibility index (Phi) is 4.42. The summed E-state index contributed by atoms with van der Waals surface area (Å²) in [5, 5.41) is 2.94. The predicted octanol–water partition coefficient (Wildman–Crippen LogP) is 2.47. The Morgan fingerprint density at radius 1 is 1.29 bits per heavy atom. The molecule has 128 valence electrons. The normalized spacial score (nSPS) is 15.5. The molecule has 0 bridgehead atoms. The lowest BCUT2D eigenvalue weighted by atomic mass is 9.96. The number of oxazole rings is 1. The number of carbonyl (C=O) groups excluding carboxylic acids is 2. The Bertz CT molecular complexity index is 760. The van der Waals surface area contributed by atoms with Gasteiger partial charge in [-0.05, 0) is 25.0 Å². The van der Waals surface area contributed by atoms with Crippen LogP contribution in [0.15, 0.2) is 22.6 Å². The number of carbonyl (C=O) groups is 2. The van der Waals surface area contributed by atoms with Gasteiger partial charge in [-0.1, -0.05) is 0 Å². The summed E-state index contributed by atoms with van der Waals surface area (Å²) in [4.78, 5) is 32.0. The van der Waals surface area contributed by atoms with Gasteiger partial charge in [0.15, 0.2) is 11.5 Å². The van der Waals surface area contributed by atoms with Crippen molar-refractivity contribution in [3.05, 3.63) is 24.1 Å². The maximum Gasteiger partial charge on any atom is 0.319 e. The summed E-state index contributed by atoms with van der Waals surface area (Å²) in [6.45, 7) is 3.01. The highest BCUT2D eigenvalue weighted by molar-refractivity contribution is 5.94. The number of hydrogen-bond acceptors (Lipinski definition) is 4. The van der Waals surface area contributed by atoms with Crippen molar-refractivity contribution < 1.29 is 14.0 Å². The van der Waals surface area contributed by atoms with Gasteiger partial charge in [-0.25, -0.2) is 9.78 Å². The number of amides is 3. The number of aromatic nitrogens is 1. The van der Waals surface area contributed by atoms with Crippen LogP contribution in [0.2, 0.25) is 0 Å². The summed E-state index contributed by atoms with van der Waals surface area (Å²) >= 11 is 0. The van der Waals surface area contributed by atoms with E-state index >= 15 is 0 Å². The average Bonchev–Trinajstić information content (AvgIpc) is 2.93. The molecule has 7 heteroatoms. The molecular weight excluding hydrogens is 308 g/mol. The molecule has 1 fully saturated rings. The molecule has 2 aromatic rings. The van der Waals surface area contributed by atoms with Crippen molar-refractivity contribution in [3.63, 3.8) is 0 Å². The Labute approximate surface area is 140 Å². The third-order valence-corrected chi connectivity index (χ3v) is 4.28. The van der Waals surface area contributed by atoms with E-state index in [1.165, 1.54) is 0 Å². The fourth-order valence-corrected chi connectivity index (χ4v) is 2.98. The molecule has 7 nitrogen and oxygen atoms in total. The summed E-state index contributed by atoms with van der Waals surface area (Å²) in [7, 11) is 3.48. The number of urea groups is 1. The van der Waals surface area contributed by atoms with Crippen LogP contribution in [0.25, 0.3) is 11.1 Å². The number of anilines is 1. The first-order valence-corrected chi connectivity index (χ1v) is 8.08. The van der Waals surface area contributed by atoms with Gasteiger partial charge < -0.3 is 19.5 Å². The van der Waals surface area contributed by atoms with E-state index in [2.05, 4.69) is 10.3 Å². The van der Waals surface area contributed by atoms with E-state index in [1.807, 2.05) is 12.1 Å². The summed E-state index contributed by atoms with van der Waals surface area (Å²) in [6.07, 6.45) is 1.35. The van der Waals surface area contributed by atoms with E-state index < -0.39 is 0 Å². The largest absolute Gasteiger partial charge is 0.441 e. The number of hydrogen-bond donors (Lipinski definition) is 1. The molecule has 1 N–H and O–H groups in total. The van der Waals surface area contributed by atoms with E-state index in [0.29, 0.717) is 43.1 Å². The number of aryl methyl sites for hydroxylation is 1. The minimum Gasteiger partial charge on any atom is -0.441 e. The molecule has 0 aliphatic carbocycles. The van der Waals surface area contributed by atoms with Crippen molar-refractivity contribution >= 4 is 28.7 Å². The molecule has 0 unspecified atom stereocenters. The zero-order valence-corrected chi connectivity index (χ0v) is 14.2. The molecule has 3 rings (SSSR count). The van der Waals surface area contributed by atoms with Crippen molar-refractivity contribution in [2.24, 2.45) is 5.92 Å². The fraction of sp³-hybridized carbons (Fsp3) is 0.471. The highest BCUT2D eigenvalue weighted by Crippen LogP contribution is 2.23. The Morgan fingerprint density at radius 3 is 2.67 bits per heavy atom. The van der Waals surface area contributed by atoms with Gasteiger partial charge in [-0.2, -0.15) is 0 Å². The quantitative estimate of drug-likeness (QED) is 0.917. The van der Waals surface area contributed by atoms with Crippen LogP contribution in [0, 0.1) is 12.8 Å². The van der Waals surface area contributed by atoms with Crippen LogP contribution in [-0.2, 0) is 4.79 Å². The van der Waals surface area contributed by atoms with E-state index in [4.69, 9.17) is 4.42 Å². The number of fused-ring (bicyclic) bond motifs is 1. The second kappa shape index (κ2) is 6.51. The summed E-state index contributed by atoms with van der Waals surface area (Å²) in [5.74, 6) is 0.511. The number of rotatable bonds is 2. The van der Waals surface area contributed by atoms with Crippen LogP contribution in [-0.4, -0.2) is 53.9 Å². The highest BCUT2D eigenvalue weighted by atomic mass is 16.3. The lowest BCUT2D eigenvalue weighted by Gasteiger charge is -2.33. The smallest absolute Gasteiger partial charge is 0.319 e. The molecular formula is C17H22N4O3. The van der Waals surface area contributed by atoms with Crippen molar-refractivity contribution in [3.8, 4) is 0 Å². The Hall–Kier alpha value is -2.57. The summed E-state index contributed by atoms with van der Waals surface area (Å²) in [5.41, 5.74) is 2.15. The molecule has 0 atom stereocenters. The maximum absolute atomic E-state index is 12.4. The van der Waals surface area contributed by atoms with Gasteiger partial charge in [-0.15, -0.1) is 0 Å². The third kappa shape index (κ3) is 3.34. The van der Waals surface area contributed by atoms with Crippen molar-refractivity contribution in [1.29, 1.82) is 0 Å². The second-order valence-electron chi connectivity index (χ2n) is 6.34. The van der Waals surface area contributed by atoms with E-state index in [0.717, 1.165) is 5.52 Å². The van der Waals surface area contributed by atoms with Crippen LogP contribution >= 0.6 is 0 Å². The van der Waals surface area contributed by atoms with Crippen LogP contribution in [0.3, 0.4) is 0 Å². The zero-order valence-electron chi connectivity index (χ0n) is 14.2.